The summed E-state index contributed by atoms with van der Waals surface area (Å²) in [6, 6.07) is 7.59. The predicted molar refractivity (Wildman–Crippen MR) is 102 cm³/mol. The van der Waals surface area contributed by atoms with Gasteiger partial charge in [0.1, 0.15) is 5.78 Å². The largest absolute Gasteiger partial charge is 0.347 e. The molecular formula is C19H27BrN2O3. The van der Waals surface area contributed by atoms with E-state index >= 15 is 0 Å². The zero-order valence-corrected chi connectivity index (χ0v) is 16.9. The Labute approximate surface area is 158 Å². The number of rotatable bonds is 9. The Kier molecular flexibility index (Phi) is 8.83. The number of halogens is 1. The van der Waals surface area contributed by atoms with Gasteiger partial charge in [0.15, 0.2) is 0 Å². The van der Waals surface area contributed by atoms with Gasteiger partial charge in [-0.2, -0.15) is 0 Å². The SMILES string of the molecule is CC(C)C[C@H](CC(=O)Cc1ccc(Br)cc1)C(=O)NCC(=O)N(C)C. The molecule has 0 spiro atoms. The van der Waals surface area contributed by atoms with Crippen LogP contribution in [0.4, 0.5) is 0 Å². The number of likely N-dealkylation sites (N-methyl/N-ethyl adjacent to an activating group) is 1. The van der Waals surface area contributed by atoms with Crippen LogP contribution >= 0.6 is 15.9 Å². The number of ketones is 1. The second kappa shape index (κ2) is 10.3. The summed E-state index contributed by atoms with van der Waals surface area (Å²) in [7, 11) is 3.28. The fourth-order valence-electron chi connectivity index (χ4n) is 2.49. The van der Waals surface area contributed by atoms with Crippen LogP contribution in [0.2, 0.25) is 0 Å². The fraction of sp³-hybridized carbons (Fsp3) is 0.526. The quantitative estimate of drug-likeness (QED) is 0.680. The van der Waals surface area contributed by atoms with Crippen LogP contribution in [0, 0.1) is 11.8 Å². The maximum absolute atomic E-state index is 12.4. The molecule has 0 heterocycles. The van der Waals surface area contributed by atoms with Crippen molar-refractivity contribution in [1.82, 2.24) is 10.2 Å². The van der Waals surface area contributed by atoms with Crippen LogP contribution in [0.5, 0.6) is 0 Å². The first-order valence-electron chi connectivity index (χ1n) is 8.43. The molecule has 0 fully saturated rings. The molecule has 0 saturated heterocycles. The standard InChI is InChI=1S/C19H27BrN2O3/c1-13(2)9-15(19(25)21-12-18(24)22(3)4)11-17(23)10-14-5-7-16(20)8-6-14/h5-8,13,15H,9-12H2,1-4H3,(H,21,25)/t15-/m1/s1. The third-order valence-electron chi connectivity index (χ3n) is 3.83. The average Bonchev–Trinajstić information content (AvgIpc) is 2.53. The van der Waals surface area contributed by atoms with Crippen molar-refractivity contribution in [1.29, 1.82) is 0 Å². The summed E-state index contributed by atoms with van der Waals surface area (Å²) in [4.78, 5) is 37.8. The number of carbonyl (C=O) groups excluding carboxylic acids is 3. The third kappa shape index (κ3) is 8.29. The summed E-state index contributed by atoms with van der Waals surface area (Å²) >= 11 is 3.37. The normalized spacial score (nSPS) is 11.9. The van der Waals surface area contributed by atoms with Crippen molar-refractivity contribution in [2.75, 3.05) is 20.6 Å². The molecule has 6 heteroatoms. The molecule has 1 rings (SSSR count). The molecule has 0 aliphatic rings. The van der Waals surface area contributed by atoms with Crippen molar-refractivity contribution in [2.24, 2.45) is 11.8 Å². The number of nitrogens with zero attached hydrogens (tertiary/aromatic N) is 1. The lowest BCUT2D eigenvalue weighted by atomic mass is 9.90. The maximum Gasteiger partial charge on any atom is 0.241 e. The van der Waals surface area contributed by atoms with Crippen LogP contribution in [0.15, 0.2) is 28.7 Å². The second-order valence-corrected chi connectivity index (χ2v) is 7.79. The molecule has 5 nitrogen and oxygen atoms in total. The third-order valence-corrected chi connectivity index (χ3v) is 4.36. The Balaban J connectivity index is 2.64. The number of benzene rings is 1. The molecule has 1 aromatic rings. The molecule has 2 amide bonds. The van der Waals surface area contributed by atoms with E-state index in [1.807, 2.05) is 38.1 Å². The van der Waals surface area contributed by atoms with Crippen molar-refractivity contribution in [3.05, 3.63) is 34.3 Å². The topological polar surface area (TPSA) is 66.5 Å². The van der Waals surface area contributed by atoms with Crippen molar-refractivity contribution in [2.45, 2.75) is 33.1 Å². The molecule has 0 bridgehead atoms. The van der Waals surface area contributed by atoms with Gasteiger partial charge in [-0.1, -0.05) is 41.9 Å². The first kappa shape index (κ1) is 21.4. The molecule has 0 saturated carbocycles. The van der Waals surface area contributed by atoms with Crippen LogP contribution < -0.4 is 5.32 Å². The Morgan fingerprint density at radius 1 is 1.12 bits per heavy atom. The van der Waals surface area contributed by atoms with Gasteiger partial charge in [0.25, 0.3) is 0 Å². The molecular weight excluding hydrogens is 384 g/mol. The number of carbonyl (C=O) groups is 3. The van der Waals surface area contributed by atoms with Gasteiger partial charge in [-0.15, -0.1) is 0 Å². The lowest BCUT2D eigenvalue weighted by Gasteiger charge is -2.19. The van der Waals surface area contributed by atoms with E-state index in [0.717, 1.165) is 10.0 Å². The second-order valence-electron chi connectivity index (χ2n) is 6.88. The van der Waals surface area contributed by atoms with Gasteiger partial charge in [0, 0.05) is 37.3 Å². The fourth-order valence-corrected chi connectivity index (χ4v) is 2.76. The summed E-state index contributed by atoms with van der Waals surface area (Å²) in [6.45, 7) is 4.00. The minimum Gasteiger partial charge on any atom is -0.347 e. The van der Waals surface area contributed by atoms with E-state index in [-0.39, 0.29) is 30.6 Å². The highest BCUT2D eigenvalue weighted by Gasteiger charge is 2.23. The summed E-state index contributed by atoms with van der Waals surface area (Å²) in [5.41, 5.74) is 0.930. The number of amides is 2. The summed E-state index contributed by atoms with van der Waals surface area (Å²) in [6.07, 6.45) is 1.12. The van der Waals surface area contributed by atoms with Gasteiger partial charge in [-0.05, 0) is 30.0 Å². The minimum atomic E-state index is -0.405. The minimum absolute atomic E-state index is 0.0297. The van der Waals surface area contributed by atoms with Gasteiger partial charge in [-0.3, -0.25) is 14.4 Å². The Hall–Kier alpha value is -1.69. The lowest BCUT2D eigenvalue weighted by Crippen LogP contribution is -2.40. The van der Waals surface area contributed by atoms with Gasteiger partial charge in [0.2, 0.25) is 11.8 Å². The van der Waals surface area contributed by atoms with E-state index in [9.17, 15) is 14.4 Å². The number of Topliss-reactive ketones (excluding diaryl/α,β-unsaturated/α-hetero) is 1. The molecule has 0 aromatic heterocycles. The van der Waals surface area contributed by atoms with E-state index in [2.05, 4.69) is 21.2 Å². The van der Waals surface area contributed by atoms with E-state index < -0.39 is 5.92 Å². The van der Waals surface area contributed by atoms with Crippen LogP contribution in [0.25, 0.3) is 0 Å². The summed E-state index contributed by atoms with van der Waals surface area (Å²) < 4.78 is 0.964. The van der Waals surface area contributed by atoms with E-state index in [1.54, 1.807) is 14.1 Å². The molecule has 0 aliphatic carbocycles. The Bertz CT molecular complexity index is 597. The van der Waals surface area contributed by atoms with E-state index in [0.29, 0.717) is 18.8 Å². The lowest BCUT2D eigenvalue weighted by molar-refractivity contribution is -0.133. The number of hydrogen-bond donors (Lipinski definition) is 1. The van der Waals surface area contributed by atoms with Gasteiger partial charge in [0.05, 0.1) is 6.54 Å². The highest BCUT2D eigenvalue weighted by molar-refractivity contribution is 9.10. The van der Waals surface area contributed by atoms with E-state index in [1.165, 1.54) is 4.90 Å². The molecule has 138 valence electrons. The van der Waals surface area contributed by atoms with Crippen LogP contribution in [-0.2, 0) is 20.8 Å². The molecule has 1 N–H and O–H groups in total. The van der Waals surface area contributed by atoms with Crippen molar-refractivity contribution >= 4 is 33.5 Å². The van der Waals surface area contributed by atoms with Crippen LogP contribution in [-0.4, -0.2) is 43.1 Å². The zero-order valence-electron chi connectivity index (χ0n) is 15.3. The average molecular weight is 411 g/mol. The first-order chi connectivity index (χ1) is 11.7. The molecule has 1 aromatic carbocycles. The van der Waals surface area contributed by atoms with Crippen LogP contribution in [0.3, 0.4) is 0 Å². The maximum atomic E-state index is 12.4. The smallest absolute Gasteiger partial charge is 0.241 e. The molecule has 25 heavy (non-hydrogen) atoms. The monoisotopic (exact) mass is 410 g/mol. The van der Waals surface area contributed by atoms with E-state index in [4.69, 9.17) is 0 Å². The number of nitrogens with one attached hydrogen (secondary N) is 1. The van der Waals surface area contributed by atoms with Crippen LogP contribution in [0.1, 0.15) is 32.3 Å². The highest BCUT2D eigenvalue weighted by atomic mass is 79.9. The van der Waals surface area contributed by atoms with Crippen molar-refractivity contribution < 1.29 is 14.4 Å². The molecule has 0 unspecified atom stereocenters. The summed E-state index contributed by atoms with van der Waals surface area (Å²) in [5, 5.41) is 2.66. The van der Waals surface area contributed by atoms with Gasteiger partial charge in [-0.25, -0.2) is 0 Å². The van der Waals surface area contributed by atoms with Gasteiger partial charge < -0.3 is 10.2 Å². The van der Waals surface area contributed by atoms with Crippen molar-refractivity contribution in [3.8, 4) is 0 Å². The molecule has 0 aliphatic heterocycles. The van der Waals surface area contributed by atoms with Gasteiger partial charge >= 0.3 is 0 Å². The molecule has 0 radical (unpaired) electrons. The zero-order chi connectivity index (χ0) is 19.0. The molecule has 1 atom stereocenters. The Morgan fingerprint density at radius 2 is 1.72 bits per heavy atom. The Morgan fingerprint density at radius 3 is 2.24 bits per heavy atom. The van der Waals surface area contributed by atoms with Crippen molar-refractivity contribution in [3.63, 3.8) is 0 Å². The first-order valence-corrected chi connectivity index (χ1v) is 9.22. The number of hydrogen-bond acceptors (Lipinski definition) is 3. The summed E-state index contributed by atoms with van der Waals surface area (Å²) in [5.74, 6) is -0.480. The predicted octanol–water partition coefficient (Wildman–Crippen LogP) is 2.82. The highest BCUT2D eigenvalue weighted by Crippen LogP contribution is 2.18.